The van der Waals surface area contributed by atoms with Gasteiger partial charge in [0.05, 0.1) is 17.2 Å². The van der Waals surface area contributed by atoms with Crippen LogP contribution in [0.1, 0.15) is 33.3 Å². The molecule has 0 atom stereocenters. The van der Waals surface area contributed by atoms with Gasteiger partial charge in [-0.3, -0.25) is 4.79 Å². The molecule has 0 saturated heterocycles. The van der Waals surface area contributed by atoms with E-state index in [1.165, 1.54) is 0 Å². The van der Waals surface area contributed by atoms with E-state index in [4.69, 9.17) is 14.2 Å². The maximum absolute atomic E-state index is 13.0. The summed E-state index contributed by atoms with van der Waals surface area (Å²) in [6.45, 7) is 8.75. The predicted octanol–water partition coefficient (Wildman–Crippen LogP) is 4.16. The molecule has 0 fully saturated rings. The Bertz CT molecular complexity index is 798. The van der Waals surface area contributed by atoms with Crippen molar-refractivity contribution in [2.45, 2.75) is 39.2 Å². The van der Waals surface area contributed by atoms with Gasteiger partial charge in [0.1, 0.15) is 19.0 Å². The number of ether oxygens (including phenoxy) is 3. The zero-order chi connectivity index (χ0) is 18.7. The van der Waals surface area contributed by atoms with Gasteiger partial charge in [-0.25, -0.2) is 0 Å². The standard InChI is InChI=1S/C21H25NO4/c1-14(2)26-17-8-6-5-7-16(17)22-20(23)21(3,4)15-9-10-18-19(13-15)25-12-11-24-18/h5-10,13-14H,11-12H2,1-4H3,(H,22,23). The van der Waals surface area contributed by atoms with Gasteiger partial charge in [0.15, 0.2) is 11.5 Å². The topological polar surface area (TPSA) is 56.8 Å². The maximum atomic E-state index is 13.0. The summed E-state index contributed by atoms with van der Waals surface area (Å²) in [5, 5.41) is 3.00. The zero-order valence-corrected chi connectivity index (χ0v) is 15.7. The number of hydrogen-bond donors (Lipinski definition) is 1. The van der Waals surface area contributed by atoms with Crippen molar-refractivity contribution in [1.29, 1.82) is 0 Å². The first-order valence-corrected chi connectivity index (χ1v) is 8.85. The van der Waals surface area contributed by atoms with E-state index in [0.29, 0.717) is 36.1 Å². The molecule has 0 aliphatic carbocycles. The van der Waals surface area contributed by atoms with Gasteiger partial charge in [0, 0.05) is 0 Å². The van der Waals surface area contributed by atoms with Gasteiger partial charge in [-0.1, -0.05) is 18.2 Å². The quantitative estimate of drug-likeness (QED) is 0.875. The van der Waals surface area contributed by atoms with E-state index in [9.17, 15) is 4.79 Å². The molecule has 138 valence electrons. The Morgan fingerprint density at radius 1 is 1.08 bits per heavy atom. The number of hydrogen-bond acceptors (Lipinski definition) is 4. The molecule has 5 heteroatoms. The fourth-order valence-corrected chi connectivity index (χ4v) is 2.77. The minimum atomic E-state index is -0.749. The molecule has 1 aliphatic heterocycles. The smallest absolute Gasteiger partial charge is 0.234 e. The highest BCUT2D eigenvalue weighted by molar-refractivity contribution is 5.99. The van der Waals surface area contributed by atoms with Crippen molar-refractivity contribution < 1.29 is 19.0 Å². The SMILES string of the molecule is CC(C)Oc1ccccc1NC(=O)C(C)(C)c1ccc2c(c1)OCCO2. The number of fused-ring (bicyclic) bond motifs is 1. The van der Waals surface area contributed by atoms with Gasteiger partial charge in [-0.2, -0.15) is 0 Å². The lowest BCUT2D eigenvalue weighted by Crippen LogP contribution is -2.35. The van der Waals surface area contributed by atoms with E-state index >= 15 is 0 Å². The van der Waals surface area contributed by atoms with Gasteiger partial charge in [0.25, 0.3) is 0 Å². The van der Waals surface area contributed by atoms with Crippen LogP contribution < -0.4 is 19.5 Å². The van der Waals surface area contributed by atoms with Crippen LogP contribution in [0.25, 0.3) is 0 Å². The van der Waals surface area contributed by atoms with E-state index < -0.39 is 5.41 Å². The summed E-state index contributed by atoms with van der Waals surface area (Å²) in [6.07, 6.45) is 0.0267. The molecular formula is C21H25NO4. The number of para-hydroxylation sites is 2. The number of amides is 1. The van der Waals surface area contributed by atoms with Crippen molar-refractivity contribution in [3.8, 4) is 17.2 Å². The zero-order valence-electron chi connectivity index (χ0n) is 15.7. The Balaban J connectivity index is 1.83. The third-order valence-electron chi connectivity index (χ3n) is 4.33. The van der Waals surface area contributed by atoms with Crippen LogP contribution in [0.3, 0.4) is 0 Å². The summed E-state index contributed by atoms with van der Waals surface area (Å²) < 4.78 is 17.0. The predicted molar refractivity (Wildman–Crippen MR) is 101 cm³/mol. The van der Waals surface area contributed by atoms with Crippen LogP contribution in [-0.4, -0.2) is 25.2 Å². The third-order valence-corrected chi connectivity index (χ3v) is 4.33. The van der Waals surface area contributed by atoms with E-state index in [1.54, 1.807) is 0 Å². The van der Waals surface area contributed by atoms with Crippen LogP contribution in [0.5, 0.6) is 17.2 Å². The molecule has 1 heterocycles. The second-order valence-electron chi connectivity index (χ2n) is 7.10. The lowest BCUT2D eigenvalue weighted by molar-refractivity contribution is -0.120. The van der Waals surface area contributed by atoms with E-state index in [2.05, 4.69) is 5.32 Å². The highest BCUT2D eigenvalue weighted by Gasteiger charge is 2.31. The molecule has 2 aromatic carbocycles. The molecule has 0 aromatic heterocycles. The van der Waals surface area contributed by atoms with Crippen LogP contribution in [0.15, 0.2) is 42.5 Å². The monoisotopic (exact) mass is 355 g/mol. The molecule has 0 bridgehead atoms. The summed E-state index contributed by atoms with van der Waals surface area (Å²) in [5.41, 5.74) is 0.777. The van der Waals surface area contributed by atoms with Crippen LogP contribution >= 0.6 is 0 Å². The largest absolute Gasteiger partial charge is 0.489 e. The van der Waals surface area contributed by atoms with Gasteiger partial charge in [-0.15, -0.1) is 0 Å². The van der Waals surface area contributed by atoms with Crippen molar-refractivity contribution in [1.82, 2.24) is 0 Å². The molecule has 5 nitrogen and oxygen atoms in total. The van der Waals surface area contributed by atoms with Crippen LogP contribution in [0, 0.1) is 0 Å². The Morgan fingerprint density at radius 2 is 1.77 bits per heavy atom. The normalized spacial score (nSPS) is 13.4. The Hall–Kier alpha value is -2.69. The number of nitrogens with one attached hydrogen (secondary N) is 1. The summed E-state index contributed by atoms with van der Waals surface area (Å²) in [6, 6.07) is 13.1. The number of anilines is 1. The third kappa shape index (κ3) is 3.77. The summed E-state index contributed by atoms with van der Waals surface area (Å²) in [7, 11) is 0. The highest BCUT2D eigenvalue weighted by Crippen LogP contribution is 2.36. The van der Waals surface area contributed by atoms with Crippen LogP contribution in [-0.2, 0) is 10.2 Å². The molecule has 3 rings (SSSR count). The van der Waals surface area contributed by atoms with Crippen LogP contribution in [0.2, 0.25) is 0 Å². The lowest BCUT2D eigenvalue weighted by Gasteiger charge is -2.27. The molecule has 26 heavy (non-hydrogen) atoms. The van der Waals surface area contributed by atoms with Gasteiger partial charge >= 0.3 is 0 Å². The minimum absolute atomic E-state index is 0.0267. The molecule has 0 spiro atoms. The van der Waals surface area contributed by atoms with Crippen molar-refractivity contribution in [3.05, 3.63) is 48.0 Å². The number of carbonyl (C=O) groups excluding carboxylic acids is 1. The first kappa shape index (κ1) is 18.1. The number of carbonyl (C=O) groups is 1. The summed E-state index contributed by atoms with van der Waals surface area (Å²) in [5.74, 6) is 1.94. The molecule has 0 radical (unpaired) electrons. The van der Waals surface area contributed by atoms with Gasteiger partial charge < -0.3 is 19.5 Å². The number of benzene rings is 2. The molecule has 2 aromatic rings. The lowest BCUT2D eigenvalue weighted by atomic mass is 9.83. The summed E-state index contributed by atoms with van der Waals surface area (Å²) >= 11 is 0. The highest BCUT2D eigenvalue weighted by atomic mass is 16.6. The first-order valence-electron chi connectivity index (χ1n) is 8.85. The van der Waals surface area contributed by atoms with Crippen LogP contribution in [0.4, 0.5) is 5.69 Å². The molecule has 0 unspecified atom stereocenters. The molecule has 1 N–H and O–H groups in total. The second-order valence-corrected chi connectivity index (χ2v) is 7.10. The minimum Gasteiger partial charge on any atom is -0.489 e. The van der Waals surface area contributed by atoms with E-state index in [1.807, 2.05) is 70.2 Å². The average Bonchev–Trinajstić information content (AvgIpc) is 2.62. The van der Waals surface area contributed by atoms with Crippen molar-refractivity contribution in [3.63, 3.8) is 0 Å². The molecule has 0 saturated carbocycles. The first-order chi connectivity index (χ1) is 12.4. The molecule has 1 amide bonds. The van der Waals surface area contributed by atoms with E-state index in [0.717, 1.165) is 5.56 Å². The van der Waals surface area contributed by atoms with Gasteiger partial charge in [0.2, 0.25) is 5.91 Å². The molecule has 1 aliphatic rings. The second kappa shape index (κ2) is 7.28. The fourth-order valence-electron chi connectivity index (χ4n) is 2.77. The Labute approximate surface area is 154 Å². The number of rotatable bonds is 5. The fraction of sp³-hybridized carbons (Fsp3) is 0.381. The maximum Gasteiger partial charge on any atom is 0.234 e. The molecular weight excluding hydrogens is 330 g/mol. The summed E-state index contributed by atoms with van der Waals surface area (Å²) in [4.78, 5) is 13.0. The van der Waals surface area contributed by atoms with Crippen molar-refractivity contribution in [2.24, 2.45) is 0 Å². The van der Waals surface area contributed by atoms with E-state index in [-0.39, 0.29) is 12.0 Å². The Morgan fingerprint density at radius 3 is 2.50 bits per heavy atom. The van der Waals surface area contributed by atoms with Crippen molar-refractivity contribution >= 4 is 11.6 Å². The average molecular weight is 355 g/mol. The van der Waals surface area contributed by atoms with Crippen molar-refractivity contribution in [2.75, 3.05) is 18.5 Å². The Kier molecular flexibility index (Phi) is 5.07. The van der Waals surface area contributed by atoms with Gasteiger partial charge in [-0.05, 0) is 57.5 Å².